The molecule has 0 aromatic carbocycles. The van der Waals surface area contributed by atoms with Gasteiger partial charge in [-0.3, -0.25) is 0 Å². The zero-order valence-electron chi connectivity index (χ0n) is 9.64. The summed E-state index contributed by atoms with van der Waals surface area (Å²) in [5.41, 5.74) is 0.920. The Morgan fingerprint density at radius 2 is 2.06 bits per heavy atom. The Morgan fingerprint density at radius 3 is 2.78 bits per heavy atom. The highest BCUT2D eigenvalue weighted by Gasteiger charge is 2.41. The maximum atomic E-state index is 9.56. The Hall–Kier alpha value is -1.73. The summed E-state index contributed by atoms with van der Waals surface area (Å²) in [5.74, 6) is -0.0188. The molecule has 0 bridgehead atoms. The summed E-state index contributed by atoms with van der Waals surface area (Å²) in [6.07, 6.45) is 3.66. The highest BCUT2D eigenvalue weighted by molar-refractivity contribution is 5.75. The fourth-order valence-corrected chi connectivity index (χ4v) is 2.66. The molecule has 2 aromatic rings. The Kier molecular flexibility index (Phi) is 2.64. The fourth-order valence-electron chi connectivity index (χ4n) is 2.66. The molecule has 18 heavy (non-hydrogen) atoms. The van der Waals surface area contributed by atoms with Gasteiger partial charge in [0.2, 0.25) is 5.88 Å². The molecule has 3 N–H and O–H groups in total. The van der Waals surface area contributed by atoms with Crippen molar-refractivity contribution in [2.75, 3.05) is 13.2 Å². The van der Waals surface area contributed by atoms with Crippen molar-refractivity contribution in [3.8, 4) is 5.88 Å². The topological polar surface area (TPSA) is 104 Å². The number of hydrogen-bond donors (Lipinski definition) is 3. The largest absolute Gasteiger partial charge is 0.492 e. The van der Waals surface area contributed by atoms with Gasteiger partial charge >= 0.3 is 0 Å². The second-order valence-electron chi connectivity index (χ2n) is 4.61. The predicted molar refractivity (Wildman–Crippen MR) is 61.8 cm³/mol. The van der Waals surface area contributed by atoms with Crippen molar-refractivity contribution in [1.29, 1.82) is 0 Å². The van der Waals surface area contributed by atoms with Crippen molar-refractivity contribution in [1.82, 2.24) is 19.5 Å². The summed E-state index contributed by atoms with van der Waals surface area (Å²) in [5, 5.41) is 28.1. The monoisotopic (exact) mass is 250 g/mol. The van der Waals surface area contributed by atoms with Crippen LogP contribution in [0.1, 0.15) is 12.5 Å². The second-order valence-corrected chi connectivity index (χ2v) is 4.61. The average molecular weight is 250 g/mol. The third kappa shape index (κ3) is 1.48. The molecule has 1 saturated carbocycles. The van der Waals surface area contributed by atoms with Gasteiger partial charge < -0.3 is 19.9 Å². The molecule has 0 amide bonds. The van der Waals surface area contributed by atoms with Crippen LogP contribution in [0.15, 0.2) is 12.7 Å². The molecule has 2 aromatic heterocycles. The third-order valence-corrected chi connectivity index (χ3v) is 3.79. The van der Waals surface area contributed by atoms with E-state index in [0.717, 1.165) is 6.42 Å². The Balaban J connectivity index is 1.99. The molecule has 1 fully saturated rings. The van der Waals surface area contributed by atoms with Gasteiger partial charge in [-0.1, -0.05) is 0 Å². The molecule has 7 nitrogen and oxygen atoms in total. The molecular weight excluding hydrogens is 236 g/mol. The lowest BCUT2D eigenvalue weighted by atomic mass is 9.70. The van der Waals surface area contributed by atoms with Crippen LogP contribution in [0.25, 0.3) is 11.2 Å². The minimum atomic E-state index is -0.141. The van der Waals surface area contributed by atoms with Crippen molar-refractivity contribution < 1.29 is 15.3 Å². The van der Waals surface area contributed by atoms with E-state index < -0.39 is 0 Å². The normalized spacial score (nSPS) is 27.3. The minimum absolute atomic E-state index is 0.00417. The van der Waals surface area contributed by atoms with Crippen LogP contribution in [0.5, 0.6) is 5.88 Å². The van der Waals surface area contributed by atoms with Crippen LogP contribution in [0, 0.1) is 11.8 Å². The lowest BCUT2D eigenvalue weighted by Gasteiger charge is -2.43. The summed E-state index contributed by atoms with van der Waals surface area (Å²) in [7, 11) is 0. The van der Waals surface area contributed by atoms with Crippen molar-refractivity contribution in [2.24, 2.45) is 11.8 Å². The molecule has 96 valence electrons. The van der Waals surface area contributed by atoms with E-state index >= 15 is 0 Å². The molecule has 0 spiro atoms. The quantitative estimate of drug-likeness (QED) is 0.690. The van der Waals surface area contributed by atoms with Crippen LogP contribution >= 0.6 is 0 Å². The van der Waals surface area contributed by atoms with Crippen LogP contribution in [-0.2, 0) is 0 Å². The van der Waals surface area contributed by atoms with Crippen LogP contribution in [-0.4, -0.2) is 48.1 Å². The molecule has 0 radical (unpaired) electrons. The van der Waals surface area contributed by atoms with Crippen LogP contribution in [0.3, 0.4) is 0 Å². The molecular formula is C11H14N4O3. The van der Waals surface area contributed by atoms with Gasteiger partial charge in [0.05, 0.1) is 6.33 Å². The number of hydrogen-bond acceptors (Lipinski definition) is 6. The first kappa shape index (κ1) is 11.4. The Morgan fingerprint density at radius 1 is 1.22 bits per heavy atom. The first-order chi connectivity index (χ1) is 8.76. The zero-order chi connectivity index (χ0) is 12.7. The second kappa shape index (κ2) is 4.18. The summed E-state index contributed by atoms with van der Waals surface area (Å²) < 4.78 is 1.84. The van der Waals surface area contributed by atoms with Crippen molar-refractivity contribution in [2.45, 2.75) is 12.5 Å². The number of aromatic hydroxyl groups is 1. The van der Waals surface area contributed by atoms with Gasteiger partial charge in [-0.15, -0.1) is 0 Å². The number of fused-ring (bicyclic) bond motifs is 1. The van der Waals surface area contributed by atoms with Gasteiger partial charge in [0.15, 0.2) is 11.2 Å². The van der Waals surface area contributed by atoms with E-state index in [2.05, 4.69) is 15.0 Å². The SMILES string of the molecule is OCC1CC(n2cnc3c(O)ncnc32)C1CO. The molecule has 1 aliphatic rings. The lowest BCUT2D eigenvalue weighted by molar-refractivity contribution is -0.00529. The maximum absolute atomic E-state index is 9.56. The van der Waals surface area contributed by atoms with E-state index in [1.54, 1.807) is 6.33 Å². The number of aromatic nitrogens is 4. The van der Waals surface area contributed by atoms with Crippen LogP contribution in [0.4, 0.5) is 0 Å². The van der Waals surface area contributed by atoms with E-state index in [-0.39, 0.29) is 37.0 Å². The average Bonchev–Trinajstić information content (AvgIpc) is 2.75. The highest BCUT2D eigenvalue weighted by atomic mass is 16.3. The van der Waals surface area contributed by atoms with Gasteiger partial charge in [0.1, 0.15) is 6.33 Å². The first-order valence-electron chi connectivity index (χ1n) is 5.84. The maximum Gasteiger partial charge on any atom is 0.242 e. The fraction of sp³-hybridized carbons (Fsp3) is 0.545. The molecule has 3 unspecified atom stereocenters. The van der Waals surface area contributed by atoms with Crippen LogP contribution in [0.2, 0.25) is 0 Å². The molecule has 3 atom stereocenters. The molecule has 0 aliphatic heterocycles. The lowest BCUT2D eigenvalue weighted by Crippen LogP contribution is -2.42. The third-order valence-electron chi connectivity index (χ3n) is 3.79. The van der Waals surface area contributed by atoms with Gasteiger partial charge in [-0.2, -0.15) is 4.98 Å². The molecule has 0 saturated heterocycles. The molecule has 7 heteroatoms. The smallest absolute Gasteiger partial charge is 0.242 e. The van der Waals surface area contributed by atoms with Crippen molar-refractivity contribution in [3.05, 3.63) is 12.7 Å². The highest BCUT2D eigenvalue weighted by Crippen LogP contribution is 2.44. The van der Waals surface area contributed by atoms with E-state index in [1.807, 2.05) is 4.57 Å². The standard InChI is InChI=1S/C11H14N4O3/c16-2-6-1-8(7(6)3-17)15-5-14-9-10(15)12-4-13-11(9)18/h4-8,16-17H,1-3H2,(H,12,13,18). The minimum Gasteiger partial charge on any atom is -0.492 e. The molecule has 3 rings (SSSR count). The van der Waals surface area contributed by atoms with Crippen molar-refractivity contribution in [3.63, 3.8) is 0 Å². The van der Waals surface area contributed by atoms with Gasteiger partial charge in [0.25, 0.3) is 0 Å². The van der Waals surface area contributed by atoms with Gasteiger partial charge in [-0.05, 0) is 12.3 Å². The number of aliphatic hydroxyl groups excluding tert-OH is 2. The van der Waals surface area contributed by atoms with Crippen molar-refractivity contribution >= 4 is 11.2 Å². The van der Waals surface area contributed by atoms with E-state index in [0.29, 0.717) is 11.2 Å². The number of nitrogens with zero attached hydrogens (tertiary/aromatic N) is 4. The Bertz CT molecular complexity index is 570. The molecule has 2 heterocycles. The Labute approximate surface area is 103 Å². The number of imidazole rings is 1. The van der Waals surface area contributed by atoms with E-state index in [9.17, 15) is 10.2 Å². The number of rotatable bonds is 3. The zero-order valence-corrected chi connectivity index (χ0v) is 9.64. The number of aliphatic hydroxyl groups is 2. The van der Waals surface area contributed by atoms with E-state index in [1.165, 1.54) is 6.33 Å². The van der Waals surface area contributed by atoms with Gasteiger partial charge in [0, 0.05) is 25.2 Å². The summed E-state index contributed by atoms with van der Waals surface area (Å²) in [6.45, 7) is 0.0984. The van der Waals surface area contributed by atoms with E-state index in [4.69, 9.17) is 5.11 Å². The predicted octanol–water partition coefficient (Wildman–Crippen LogP) is -0.306. The molecule has 1 aliphatic carbocycles. The summed E-state index contributed by atoms with van der Waals surface area (Å²) >= 11 is 0. The summed E-state index contributed by atoms with van der Waals surface area (Å²) in [4.78, 5) is 11.9. The van der Waals surface area contributed by atoms with Crippen LogP contribution < -0.4 is 0 Å². The summed E-state index contributed by atoms with van der Waals surface area (Å²) in [6, 6.07) is 0.0615. The van der Waals surface area contributed by atoms with Gasteiger partial charge in [-0.25, -0.2) is 9.97 Å². The first-order valence-corrected chi connectivity index (χ1v) is 5.84.